The number of piperidine rings is 1. The number of carbonyl (C=O) groups is 1. The van der Waals surface area contributed by atoms with Crippen LogP contribution in [0.4, 0.5) is 4.79 Å². The molecule has 1 aliphatic carbocycles. The summed E-state index contributed by atoms with van der Waals surface area (Å²) in [6, 6.07) is 0.364. The van der Waals surface area contributed by atoms with Crippen LogP contribution in [0.1, 0.15) is 38.5 Å². The van der Waals surface area contributed by atoms with Crippen molar-refractivity contribution in [3.8, 4) is 0 Å². The molecule has 4 heteroatoms. The third-order valence-electron chi connectivity index (χ3n) is 3.63. The summed E-state index contributed by atoms with van der Waals surface area (Å²) < 4.78 is 0. The highest BCUT2D eigenvalue weighted by Crippen LogP contribution is 2.34. The standard InChI is InChI=1S/C10H19N3O/c11-12-10(14)13-7-3-5-8-4-1-2-6-9(8)13/h8-9H,1-7,11H2,(H,12,14). The summed E-state index contributed by atoms with van der Waals surface area (Å²) in [5.41, 5.74) is 2.25. The number of urea groups is 1. The molecule has 3 N–H and O–H groups in total. The molecule has 1 saturated heterocycles. The fourth-order valence-corrected chi connectivity index (χ4v) is 2.96. The van der Waals surface area contributed by atoms with Gasteiger partial charge in [-0.25, -0.2) is 10.6 Å². The van der Waals surface area contributed by atoms with Gasteiger partial charge < -0.3 is 4.90 Å². The lowest BCUT2D eigenvalue weighted by Crippen LogP contribution is -2.54. The van der Waals surface area contributed by atoms with Crippen LogP contribution in [0.2, 0.25) is 0 Å². The van der Waals surface area contributed by atoms with Crippen LogP contribution in [-0.2, 0) is 0 Å². The van der Waals surface area contributed by atoms with Crippen LogP contribution in [-0.4, -0.2) is 23.5 Å². The summed E-state index contributed by atoms with van der Waals surface area (Å²) >= 11 is 0. The van der Waals surface area contributed by atoms with E-state index in [1.807, 2.05) is 4.90 Å². The molecule has 80 valence electrons. The Labute approximate surface area is 84.8 Å². The van der Waals surface area contributed by atoms with E-state index in [4.69, 9.17) is 5.84 Å². The molecule has 2 atom stereocenters. The number of fused-ring (bicyclic) bond motifs is 1. The molecule has 0 radical (unpaired) electrons. The van der Waals surface area contributed by atoms with E-state index in [0.717, 1.165) is 25.3 Å². The van der Waals surface area contributed by atoms with Crippen LogP contribution in [0.15, 0.2) is 0 Å². The van der Waals surface area contributed by atoms with E-state index in [0.29, 0.717) is 6.04 Å². The highest BCUT2D eigenvalue weighted by Gasteiger charge is 2.35. The molecule has 1 aliphatic heterocycles. The summed E-state index contributed by atoms with van der Waals surface area (Å²) in [5, 5.41) is 0. The first-order valence-corrected chi connectivity index (χ1v) is 5.60. The van der Waals surface area contributed by atoms with Crippen molar-refractivity contribution >= 4 is 6.03 Å². The number of hydrogen-bond acceptors (Lipinski definition) is 2. The molecular formula is C10H19N3O. The van der Waals surface area contributed by atoms with E-state index in [2.05, 4.69) is 5.43 Å². The van der Waals surface area contributed by atoms with Gasteiger partial charge >= 0.3 is 6.03 Å². The Hall–Kier alpha value is -0.770. The molecule has 0 bridgehead atoms. The van der Waals surface area contributed by atoms with Gasteiger partial charge in [-0.05, 0) is 31.6 Å². The van der Waals surface area contributed by atoms with Crippen LogP contribution >= 0.6 is 0 Å². The van der Waals surface area contributed by atoms with Crippen molar-refractivity contribution in [2.45, 2.75) is 44.6 Å². The molecule has 2 unspecified atom stereocenters. The second kappa shape index (κ2) is 4.17. The molecule has 2 fully saturated rings. The van der Waals surface area contributed by atoms with Gasteiger partial charge in [0.1, 0.15) is 0 Å². The molecule has 1 heterocycles. The molecule has 14 heavy (non-hydrogen) atoms. The lowest BCUT2D eigenvalue weighted by molar-refractivity contribution is 0.0843. The SMILES string of the molecule is NNC(=O)N1CCCC2CCCCC21. The second-order valence-electron chi connectivity index (χ2n) is 4.40. The van der Waals surface area contributed by atoms with Gasteiger partial charge in [-0.1, -0.05) is 12.8 Å². The highest BCUT2D eigenvalue weighted by molar-refractivity contribution is 5.74. The van der Waals surface area contributed by atoms with E-state index >= 15 is 0 Å². The lowest BCUT2D eigenvalue weighted by Gasteiger charge is -2.43. The monoisotopic (exact) mass is 197 g/mol. The topological polar surface area (TPSA) is 58.4 Å². The quantitative estimate of drug-likeness (QED) is 0.348. The van der Waals surface area contributed by atoms with Crippen LogP contribution in [0, 0.1) is 5.92 Å². The zero-order valence-electron chi connectivity index (χ0n) is 8.54. The minimum atomic E-state index is -0.0957. The van der Waals surface area contributed by atoms with Crippen molar-refractivity contribution in [3.63, 3.8) is 0 Å². The summed E-state index contributed by atoms with van der Waals surface area (Å²) in [4.78, 5) is 13.4. The van der Waals surface area contributed by atoms with Crippen LogP contribution in [0.25, 0.3) is 0 Å². The minimum Gasteiger partial charge on any atom is -0.320 e. The zero-order chi connectivity index (χ0) is 9.97. The number of hydrazine groups is 1. The maximum absolute atomic E-state index is 11.5. The Morgan fingerprint density at radius 2 is 1.93 bits per heavy atom. The molecule has 0 aromatic heterocycles. The largest absolute Gasteiger partial charge is 0.331 e. The molecule has 1 saturated carbocycles. The number of likely N-dealkylation sites (tertiary alicyclic amines) is 1. The predicted molar refractivity (Wildman–Crippen MR) is 54.4 cm³/mol. The maximum Gasteiger partial charge on any atom is 0.331 e. The van der Waals surface area contributed by atoms with Gasteiger partial charge in [-0.15, -0.1) is 0 Å². The molecule has 2 aliphatic rings. The highest BCUT2D eigenvalue weighted by atomic mass is 16.2. The van der Waals surface area contributed by atoms with Gasteiger partial charge in [0.15, 0.2) is 0 Å². The average Bonchev–Trinajstić information content (AvgIpc) is 2.27. The molecule has 0 aromatic rings. The maximum atomic E-state index is 11.5. The number of carbonyl (C=O) groups excluding carboxylic acids is 1. The third kappa shape index (κ3) is 1.71. The fraction of sp³-hybridized carbons (Fsp3) is 0.900. The molecular weight excluding hydrogens is 178 g/mol. The molecule has 2 rings (SSSR count). The lowest BCUT2D eigenvalue weighted by atomic mass is 9.78. The number of nitrogens with one attached hydrogen (secondary N) is 1. The summed E-state index contributed by atoms with van der Waals surface area (Å²) in [5.74, 6) is 5.91. The number of nitrogens with two attached hydrogens (primary N) is 1. The summed E-state index contributed by atoms with van der Waals surface area (Å²) in [6.07, 6.45) is 7.47. The smallest absolute Gasteiger partial charge is 0.320 e. The number of rotatable bonds is 0. The third-order valence-corrected chi connectivity index (χ3v) is 3.63. The van der Waals surface area contributed by atoms with E-state index in [9.17, 15) is 4.79 Å². The minimum absolute atomic E-state index is 0.0957. The normalized spacial score (nSPS) is 32.2. The van der Waals surface area contributed by atoms with Crippen molar-refractivity contribution < 1.29 is 4.79 Å². The van der Waals surface area contributed by atoms with Crippen molar-refractivity contribution in [3.05, 3.63) is 0 Å². The van der Waals surface area contributed by atoms with Gasteiger partial charge in [-0.3, -0.25) is 5.43 Å². The molecule has 2 amide bonds. The number of hydrogen-bond donors (Lipinski definition) is 2. The van der Waals surface area contributed by atoms with Gasteiger partial charge in [0.25, 0.3) is 0 Å². The predicted octanol–water partition coefficient (Wildman–Crippen LogP) is 1.22. The van der Waals surface area contributed by atoms with Crippen LogP contribution < -0.4 is 11.3 Å². The Morgan fingerprint density at radius 1 is 1.21 bits per heavy atom. The number of nitrogens with zero attached hydrogens (tertiary/aromatic N) is 1. The zero-order valence-corrected chi connectivity index (χ0v) is 8.54. The first kappa shape index (κ1) is 9.77. The number of amides is 2. The van der Waals surface area contributed by atoms with Crippen molar-refractivity contribution in [2.75, 3.05) is 6.54 Å². The van der Waals surface area contributed by atoms with E-state index in [1.54, 1.807) is 0 Å². The Bertz CT molecular complexity index is 217. The summed E-state index contributed by atoms with van der Waals surface area (Å²) in [7, 11) is 0. The fourth-order valence-electron chi connectivity index (χ4n) is 2.96. The van der Waals surface area contributed by atoms with E-state index < -0.39 is 0 Å². The van der Waals surface area contributed by atoms with Crippen molar-refractivity contribution in [1.29, 1.82) is 0 Å². The van der Waals surface area contributed by atoms with Crippen molar-refractivity contribution in [1.82, 2.24) is 10.3 Å². The average molecular weight is 197 g/mol. The molecule has 0 aromatic carbocycles. The van der Waals surface area contributed by atoms with Crippen molar-refractivity contribution in [2.24, 2.45) is 11.8 Å². The van der Waals surface area contributed by atoms with Gasteiger partial charge in [0.05, 0.1) is 0 Å². The van der Waals surface area contributed by atoms with Crippen LogP contribution in [0.5, 0.6) is 0 Å². The van der Waals surface area contributed by atoms with Gasteiger partial charge in [0.2, 0.25) is 0 Å². The first-order valence-electron chi connectivity index (χ1n) is 5.60. The van der Waals surface area contributed by atoms with Crippen LogP contribution in [0.3, 0.4) is 0 Å². The Balaban J connectivity index is 2.04. The second-order valence-corrected chi connectivity index (χ2v) is 4.40. The molecule has 0 spiro atoms. The Kier molecular flexibility index (Phi) is 2.91. The Morgan fingerprint density at radius 3 is 2.71 bits per heavy atom. The van der Waals surface area contributed by atoms with Gasteiger partial charge in [-0.2, -0.15) is 0 Å². The van der Waals surface area contributed by atoms with E-state index in [1.165, 1.54) is 25.7 Å². The summed E-state index contributed by atoms with van der Waals surface area (Å²) in [6.45, 7) is 0.879. The van der Waals surface area contributed by atoms with E-state index in [-0.39, 0.29) is 6.03 Å². The molecule has 4 nitrogen and oxygen atoms in total. The first-order chi connectivity index (χ1) is 6.83. The van der Waals surface area contributed by atoms with Gasteiger partial charge in [0, 0.05) is 12.6 Å².